The van der Waals surface area contributed by atoms with Crippen molar-refractivity contribution in [3.63, 3.8) is 0 Å². The fourth-order valence-electron chi connectivity index (χ4n) is 3.54. The topological polar surface area (TPSA) is 71.5 Å². The van der Waals surface area contributed by atoms with E-state index in [-0.39, 0.29) is 29.6 Å². The van der Waals surface area contributed by atoms with Crippen molar-refractivity contribution in [1.29, 1.82) is 0 Å². The Morgan fingerprint density at radius 3 is 2.67 bits per heavy atom. The summed E-state index contributed by atoms with van der Waals surface area (Å²) in [6.07, 6.45) is -1.45. The number of piperidine rings is 1. The van der Waals surface area contributed by atoms with E-state index >= 15 is 0 Å². The Bertz CT molecular complexity index is 941. The standard InChI is InChI=1S/C19H21ClF3N5O2/c1-27(2)15-7-12(9-25-26-15)17(29)28-6-4-5-18(11-28,30-3)16-14(19(21,22)23)8-13(20)10-24-16/h7-10H,4-6,11H2,1-3H3. The molecule has 0 bridgehead atoms. The van der Waals surface area contributed by atoms with Gasteiger partial charge in [0, 0.05) is 33.9 Å². The summed E-state index contributed by atoms with van der Waals surface area (Å²) in [5.41, 5.74) is -2.36. The van der Waals surface area contributed by atoms with Crippen LogP contribution in [0, 0.1) is 0 Å². The van der Waals surface area contributed by atoms with Crippen molar-refractivity contribution in [2.45, 2.75) is 24.6 Å². The van der Waals surface area contributed by atoms with Gasteiger partial charge >= 0.3 is 6.18 Å². The van der Waals surface area contributed by atoms with Crippen LogP contribution in [0.5, 0.6) is 0 Å². The lowest BCUT2D eigenvalue weighted by Gasteiger charge is -2.42. The molecule has 11 heteroatoms. The number of carbonyl (C=O) groups excluding carboxylic acids is 1. The molecule has 0 aliphatic carbocycles. The summed E-state index contributed by atoms with van der Waals surface area (Å²) < 4.78 is 46.6. The molecule has 1 aliphatic rings. The Balaban J connectivity index is 1.98. The maximum Gasteiger partial charge on any atom is 0.418 e. The molecule has 0 spiro atoms. The Morgan fingerprint density at radius 2 is 2.03 bits per heavy atom. The highest BCUT2D eigenvalue weighted by Crippen LogP contribution is 2.42. The van der Waals surface area contributed by atoms with Gasteiger partial charge < -0.3 is 14.5 Å². The van der Waals surface area contributed by atoms with Gasteiger partial charge in [-0.15, -0.1) is 5.10 Å². The van der Waals surface area contributed by atoms with E-state index in [2.05, 4.69) is 15.2 Å². The number of nitrogens with zero attached hydrogens (tertiary/aromatic N) is 5. The van der Waals surface area contributed by atoms with Crippen LogP contribution >= 0.6 is 11.6 Å². The minimum absolute atomic E-state index is 0.0837. The molecule has 0 saturated carbocycles. The third-order valence-electron chi connectivity index (χ3n) is 5.07. The van der Waals surface area contributed by atoms with Crippen molar-refractivity contribution in [3.8, 4) is 0 Å². The Hall–Kier alpha value is -2.46. The number of hydrogen-bond donors (Lipinski definition) is 0. The SMILES string of the molecule is COC1(c2ncc(Cl)cc2C(F)(F)F)CCCN(C(=O)c2cnnc(N(C)C)c2)C1. The van der Waals surface area contributed by atoms with E-state index in [1.165, 1.54) is 18.2 Å². The highest BCUT2D eigenvalue weighted by atomic mass is 35.5. The number of rotatable bonds is 4. The smallest absolute Gasteiger partial charge is 0.370 e. The molecule has 3 heterocycles. The molecule has 1 fully saturated rings. The fourth-order valence-corrected chi connectivity index (χ4v) is 3.70. The van der Waals surface area contributed by atoms with Crippen LogP contribution in [0.2, 0.25) is 5.02 Å². The molecule has 0 aromatic carbocycles. The van der Waals surface area contributed by atoms with Crippen LogP contribution < -0.4 is 4.90 Å². The van der Waals surface area contributed by atoms with Crippen LogP contribution in [0.1, 0.15) is 34.5 Å². The van der Waals surface area contributed by atoms with Gasteiger partial charge in [-0.1, -0.05) is 11.6 Å². The second-order valence-electron chi connectivity index (χ2n) is 7.27. The van der Waals surface area contributed by atoms with Gasteiger partial charge in [-0.3, -0.25) is 9.78 Å². The predicted octanol–water partition coefficient (Wildman–Crippen LogP) is 3.39. The van der Waals surface area contributed by atoms with Crippen molar-refractivity contribution < 1.29 is 22.7 Å². The van der Waals surface area contributed by atoms with E-state index in [9.17, 15) is 18.0 Å². The number of hydrogen-bond acceptors (Lipinski definition) is 6. The number of carbonyl (C=O) groups is 1. The predicted molar refractivity (Wildman–Crippen MR) is 104 cm³/mol. The molecule has 0 N–H and O–H groups in total. The van der Waals surface area contributed by atoms with Crippen LogP contribution in [0.15, 0.2) is 24.5 Å². The molecule has 0 radical (unpaired) electrons. The molecule has 1 saturated heterocycles. The molecule has 30 heavy (non-hydrogen) atoms. The number of aromatic nitrogens is 3. The lowest BCUT2D eigenvalue weighted by Crippen LogP contribution is -2.50. The summed E-state index contributed by atoms with van der Waals surface area (Å²) in [5, 5.41) is 7.66. The number of anilines is 1. The number of alkyl halides is 3. The van der Waals surface area contributed by atoms with Crippen molar-refractivity contribution in [1.82, 2.24) is 20.1 Å². The minimum Gasteiger partial charge on any atom is -0.370 e. The van der Waals surface area contributed by atoms with E-state index < -0.39 is 17.3 Å². The number of likely N-dealkylation sites (tertiary alicyclic amines) is 1. The molecule has 2 aromatic rings. The first-order valence-corrected chi connectivity index (χ1v) is 9.53. The molecule has 162 valence electrons. The second-order valence-corrected chi connectivity index (χ2v) is 7.71. The summed E-state index contributed by atoms with van der Waals surface area (Å²) in [6, 6.07) is 2.42. The zero-order valence-corrected chi connectivity index (χ0v) is 17.5. The highest BCUT2D eigenvalue weighted by molar-refractivity contribution is 6.30. The molecule has 1 aliphatic heterocycles. The van der Waals surface area contributed by atoms with E-state index in [0.717, 1.165) is 12.3 Å². The molecule has 7 nitrogen and oxygen atoms in total. The first-order valence-electron chi connectivity index (χ1n) is 9.15. The van der Waals surface area contributed by atoms with Gasteiger partial charge in [-0.25, -0.2) is 0 Å². The average molecular weight is 444 g/mol. The first-order chi connectivity index (χ1) is 14.1. The third kappa shape index (κ3) is 4.34. The van der Waals surface area contributed by atoms with Crippen LogP contribution in [0.25, 0.3) is 0 Å². The van der Waals surface area contributed by atoms with Crippen molar-refractivity contribution in [2.75, 3.05) is 39.2 Å². The number of methoxy groups -OCH3 is 1. The average Bonchev–Trinajstić information content (AvgIpc) is 2.72. The van der Waals surface area contributed by atoms with Crippen molar-refractivity contribution in [2.24, 2.45) is 0 Å². The number of ether oxygens (including phenoxy) is 1. The lowest BCUT2D eigenvalue weighted by atomic mass is 9.86. The quantitative estimate of drug-likeness (QED) is 0.721. The fraction of sp³-hybridized carbons (Fsp3) is 0.474. The second kappa shape index (κ2) is 8.35. The van der Waals surface area contributed by atoms with Crippen LogP contribution in [0.3, 0.4) is 0 Å². The monoisotopic (exact) mass is 443 g/mol. The van der Waals surface area contributed by atoms with Gasteiger partial charge in [0.1, 0.15) is 5.60 Å². The minimum atomic E-state index is -4.67. The van der Waals surface area contributed by atoms with Gasteiger partial charge in [-0.05, 0) is 25.0 Å². The Morgan fingerprint density at radius 1 is 1.30 bits per heavy atom. The zero-order chi connectivity index (χ0) is 22.1. The normalized spacial score (nSPS) is 19.6. The van der Waals surface area contributed by atoms with Crippen LogP contribution in [-0.2, 0) is 16.5 Å². The van der Waals surface area contributed by atoms with E-state index in [0.29, 0.717) is 24.3 Å². The molecule has 1 unspecified atom stereocenters. The highest BCUT2D eigenvalue weighted by Gasteiger charge is 2.46. The molecular formula is C19H21ClF3N5O2. The number of pyridine rings is 1. The van der Waals surface area contributed by atoms with Gasteiger partial charge in [0.15, 0.2) is 5.82 Å². The molecule has 2 aromatic heterocycles. The summed E-state index contributed by atoms with van der Waals surface area (Å²) in [4.78, 5) is 20.2. The van der Waals surface area contributed by atoms with Gasteiger partial charge in [0.2, 0.25) is 0 Å². The summed E-state index contributed by atoms with van der Waals surface area (Å²) in [7, 11) is 4.85. The third-order valence-corrected chi connectivity index (χ3v) is 5.28. The summed E-state index contributed by atoms with van der Waals surface area (Å²) in [5.74, 6) is 0.131. The largest absolute Gasteiger partial charge is 0.418 e. The van der Waals surface area contributed by atoms with Gasteiger partial charge in [0.25, 0.3) is 5.91 Å². The lowest BCUT2D eigenvalue weighted by molar-refractivity contribution is -0.143. The molecule has 1 amide bonds. The van der Waals surface area contributed by atoms with E-state index in [1.807, 2.05) is 0 Å². The summed E-state index contributed by atoms with van der Waals surface area (Å²) >= 11 is 5.77. The van der Waals surface area contributed by atoms with Crippen LogP contribution in [0.4, 0.5) is 19.0 Å². The maximum absolute atomic E-state index is 13.7. The van der Waals surface area contributed by atoms with Gasteiger partial charge in [0.05, 0.1) is 34.6 Å². The van der Waals surface area contributed by atoms with E-state index in [1.54, 1.807) is 25.1 Å². The molecule has 3 rings (SSSR count). The first kappa shape index (κ1) is 22.2. The van der Waals surface area contributed by atoms with Crippen LogP contribution in [-0.4, -0.2) is 60.3 Å². The van der Waals surface area contributed by atoms with Crippen molar-refractivity contribution >= 4 is 23.3 Å². The van der Waals surface area contributed by atoms with Gasteiger partial charge in [-0.2, -0.15) is 18.3 Å². The maximum atomic E-state index is 13.7. The zero-order valence-electron chi connectivity index (χ0n) is 16.7. The number of amides is 1. The summed E-state index contributed by atoms with van der Waals surface area (Å²) in [6.45, 7) is 0.290. The Labute approximate surface area is 176 Å². The van der Waals surface area contributed by atoms with Crippen molar-refractivity contribution in [3.05, 3.63) is 46.4 Å². The molecular weight excluding hydrogens is 423 g/mol. The van der Waals surface area contributed by atoms with E-state index in [4.69, 9.17) is 16.3 Å². The Kier molecular flexibility index (Phi) is 6.19. The number of halogens is 4. The molecule has 1 atom stereocenters.